The van der Waals surface area contributed by atoms with Gasteiger partial charge in [-0.15, -0.1) is 0 Å². The molecule has 3 aromatic heterocycles. The van der Waals surface area contributed by atoms with Crippen LogP contribution >= 0.6 is 0 Å². The first-order valence-electron chi connectivity index (χ1n) is 13.4. The van der Waals surface area contributed by atoms with Crippen molar-refractivity contribution in [1.82, 2.24) is 24.6 Å². The van der Waals surface area contributed by atoms with E-state index in [0.717, 1.165) is 34.4 Å². The van der Waals surface area contributed by atoms with E-state index in [1.165, 1.54) is 11.0 Å². The van der Waals surface area contributed by atoms with E-state index in [9.17, 15) is 4.79 Å². The summed E-state index contributed by atoms with van der Waals surface area (Å²) < 4.78 is 28.6. The molecule has 1 aromatic carbocycles. The number of aryl methyl sites for hydroxylation is 1. The van der Waals surface area contributed by atoms with Crippen molar-refractivity contribution >= 4 is 22.7 Å². The number of amides is 1. The highest BCUT2D eigenvalue weighted by atomic mass is 19.1. The van der Waals surface area contributed by atoms with Gasteiger partial charge in [0, 0.05) is 59.3 Å². The van der Waals surface area contributed by atoms with E-state index < -0.39 is 17.5 Å². The molecule has 210 valence electrons. The molecule has 0 atom stereocenters. The maximum atomic E-state index is 15.2. The first-order valence-corrected chi connectivity index (χ1v) is 13.4. The summed E-state index contributed by atoms with van der Waals surface area (Å²) >= 11 is 0. The number of fused-ring (bicyclic) bond motifs is 2. The van der Waals surface area contributed by atoms with Crippen molar-refractivity contribution in [2.24, 2.45) is 0 Å². The van der Waals surface area contributed by atoms with Crippen molar-refractivity contribution in [2.75, 3.05) is 32.1 Å². The Labute approximate surface area is 233 Å². The molecule has 9 nitrogen and oxygen atoms in total. The molecule has 0 saturated carbocycles. The Kier molecular flexibility index (Phi) is 7.46. The van der Waals surface area contributed by atoms with Crippen LogP contribution in [-0.4, -0.2) is 63.6 Å². The van der Waals surface area contributed by atoms with E-state index in [4.69, 9.17) is 14.5 Å². The summed E-state index contributed by atoms with van der Waals surface area (Å²) in [6.07, 6.45) is 5.17. The number of pyridine rings is 2. The van der Waals surface area contributed by atoms with Crippen molar-refractivity contribution in [2.45, 2.75) is 52.8 Å². The smallest absolute Gasteiger partial charge is 0.416 e. The molecular formula is C30H35FN6O3. The van der Waals surface area contributed by atoms with Crippen LogP contribution in [0.3, 0.4) is 0 Å². The van der Waals surface area contributed by atoms with Crippen LogP contribution in [-0.2, 0) is 24.2 Å². The average molecular weight is 547 g/mol. The third-order valence-electron chi connectivity index (χ3n) is 6.77. The molecule has 10 heteroatoms. The third kappa shape index (κ3) is 5.62. The zero-order valence-corrected chi connectivity index (χ0v) is 23.9. The summed E-state index contributed by atoms with van der Waals surface area (Å²) in [5.41, 5.74) is 2.97. The zero-order valence-electron chi connectivity index (χ0n) is 23.9. The maximum Gasteiger partial charge on any atom is 0.416 e. The predicted molar refractivity (Wildman–Crippen MR) is 152 cm³/mol. The molecule has 4 heterocycles. The summed E-state index contributed by atoms with van der Waals surface area (Å²) in [6, 6.07) is 6.94. The van der Waals surface area contributed by atoms with Crippen LogP contribution < -0.4 is 9.64 Å². The molecule has 1 amide bonds. The van der Waals surface area contributed by atoms with Crippen molar-refractivity contribution in [3.63, 3.8) is 0 Å². The summed E-state index contributed by atoms with van der Waals surface area (Å²) in [6.45, 7) is 9.24. The molecule has 0 unspecified atom stereocenters. The number of aromatic nitrogens is 4. The van der Waals surface area contributed by atoms with E-state index in [2.05, 4.69) is 15.0 Å². The number of likely N-dealkylation sites (N-methyl/N-ethyl adjacent to an activating group) is 1. The SMILES string of the molecule is Cc1cc2c(-c3ccnn3CCN(C)C)cnc(N(Cc3c(F)ccc4c3CCO4)C(=O)OC(C)(C)C)c2cn1. The number of hydrogen-bond acceptors (Lipinski definition) is 7. The van der Waals surface area contributed by atoms with Crippen LogP contribution in [0.2, 0.25) is 0 Å². The molecule has 0 spiro atoms. The Hall–Kier alpha value is -4.05. The minimum Gasteiger partial charge on any atom is -0.493 e. The number of nitrogens with zero attached hydrogens (tertiary/aromatic N) is 6. The molecule has 40 heavy (non-hydrogen) atoms. The highest BCUT2D eigenvalue weighted by molar-refractivity contribution is 6.05. The lowest BCUT2D eigenvalue weighted by atomic mass is 10.0. The number of halogens is 1. The second-order valence-electron chi connectivity index (χ2n) is 11.3. The fraction of sp³-hybridized carbons (Fsp3) is 0.400. The molecular weight excluding hydrogens is 511 g/mol. The average Bonchev–Trinajstić information content (AvgIpc) is 3.55. The van der Waals surface area contributed by atoms with Crippen molar-refractivity contribution in [3.8, 4) is 17.0 Å². The molecule has 4 aromatic rings. The van der Waals surface area contributed by atoms with Gasteiger partial charge >= 0.3 is 6.09 Å². The van der Waals surface area contributed by atoms with Gasteiger partial charge in [0.25, 0.3) is 0 Å². The van der Waals surface area contributed by atoms with Gasteiger partial charge in [0.15, 0.2) is 0 Å². The van der Waals surface area contributed by atoms with E-state index >= 15 is 4.39 Å². The van der Waals surface area contributed by atoms with E-state index in [-0.39, 0.29) is 6.54 Å². The highest BCUT2D eigenvalue weighted by Gasteiger charge is 2.30. The van der Waals surface area contributed by atoms with Crippen LogP contribution in [0.1, 0.15) is 37.6 Å². The van der Waals surface area contributed by atoms with Gasteiger partial charge in [-0.05, 0) is 71.4 Å². The highest BCUT2D eigenvalue weighted by Crippen LogP contribution is 2.36. The predicted octanol–water partition coefficient (Wildman–Crippen LogP) is 5.38. The van der Waals surface area contributed by atoms with Crippen molar-refractivity contribution in [1.29, 1.82) is 0 Å². The number of carbonyl (C=O) groups is 1. The normalized spacial score (nSPS) is 13.0. The first-order chi connectivity index (χ1) is 19.0. The summed E-state index contributed by atoms with van der Waals surface area (Å²) in [7, 11) is 4.04. The second kappa shape index (κ2) is 10.8. The van der Waals surface area contributed by atoms with Crippen LogP contribution in [0, 0.1) is 12.7 Å². The molecule has 0 bridgehead atoms. The molecule has 0 fully saturated rings. The lowest BCUT2D eigenvalue weighted by Crippen LogP contribution is -2.37. The standard InChI is InChI=1S/C30H35FN6O3/c1-19-15-21-22(26-9-11-34-37(26)13-12-35(5)6)16-33-28(23(21)17-32-19)36(29(38)40-30(2,3)4)18-24-20-10-14-39-27(20)8-7-25(24)31/h7-9,11,15-17H,10,12-14,18H2,1-6H3. The van der Waals surface area contributed by atoms with Crippen LogP contribution in [0.4, 0.5) is 15.0 Å². The largest absolute Gasteiger partial charge is 0.493 e. The number of rotatable bonds is 7. The Morgan fingerprint density at radius 3 is 2.70 bits per heavy atom. The van der Waals surface area contributed by atoms with Gasteiger partial charge in [-0.3, -0.25) is 14.6 Å². The quantitative estimate of drug-likeness (QED) is 0.308. The van der Waals surface area contributed by atoms with Gasteiger partial charge in [-0.25, -0.2) is 14.2 Å². The number of carbonyl (C=O) groups excluding carboxylic acids is 1. The number of ether oxygens (including phenoxy) is 2. The summed E-state index contributed by atoms with van der Waals surface area (Å²) in [5.74, 6) is 0.574. The Morgan fingerprint density at radius 2 is 1.95 bits per heavy atom. The Balaban J connectivity index is 1.65. The molecule has 0 saturated heterocycles. The van der Waals surface area contributed by atoms with Crippen molar-refractivity contribution < 1.29 is 18.7 Å². The second-order valence-corrected chi connectivity index (χ2v) is 11.3. The fourth-order valence-electron chi connectivity index (χ4n) is 4.87. The summed E-state index contributed by atoms with van der Waals surface area (Å²) in [5, 5.41) is 6.04. The Morgan fingerprint density at radius 1 is 1.15 bits per heavy atom. The first kappa shape index (κ1) is 27.5. The minimum atomic E-state index is -0.765. The third-order valence-corrected chi connectivity index (χ3v) is 6.77. The molecule has 5 rings (SSSR count). The van der Waals surface area contributed by atoms with Gasteiger partial charge in [0.05, 0.1) is 25.4 Å². The van der Waals surface area contributed by atoms with Crippen LogP contribution in [0.15, 0.2) is 42.9 Å². The van der Waals surface area contributed by atoms with Gasteiger partial charge in [-0.1, -0.05) is 0 Å². The number of hydrogen-bond donors (Lipinski definition) is 0. The summed E-state index contributed by atoms with van der Waals surface area (Å²) in [4.78, 5) is 26.5. The van der Waals surface area contributed by atoms with Crippen LogP contribution in [0.5, 0.6) is 5.75 Å². The van der Waals surface area contributed by atoms with Gasteiger partial charge < -0.3 is 14.4 Å². The van der Waals surface area contributed by atoms with Gasteiger partial charge in [-0.2, -0.15) is 5.10 Å². The molecule has 1 aliphatic heterocycles. The van der Waals surface area contributed by atoms with Crippen molar-refractivity contribution in [3.05, 3.63) is 65.5 Å². The topological polar surface area (TPSA) is 85.6 Å². The zero-order chi connectivity index (χ0) is 28.6. The number of anilines is 1. The van der Waals surface area contributed by atoms with Crippen LogP contribution in [0.25, 0.3) is 22.0 Å². The van der Waals surface area contributed by atoms with E-state index in [1.54, 1.807) is 45.4 Å². The molecule has 0 N–H and O–H groups in total. The van der Waals surface area contributed by atoms with E-state index in [0.29, 0.717) is 42.1 Å². The van der Waals surface area contributed by atoms with Gasteiger partial charge in [0.2, 0.25) is 0 Å². The minimum absolute atomic E-state index is 0.0661. The lowest BCUT2D eigenvalue weighted by molar-refractivity contribution is 0.0576. The maximum absolute atomic E-state index is 15.2. The van der Waals surface area contributed by atoms with E-state index in [1.807, 2.05) is 37.8 Å². The lowest BCUT2D eigenvalue weighted by Gasteiger charge is -2.28. The Bertz CT molecular complexity index is 1560. The molecule has 0 aliphatic carbocycles. The molecule has 1 aliphatic rings. The fourth-order valence-corrected chi connectivity index (χ4v) is 4.87. The monoisotopic (exact) mass is 546 g/mol. The molecule has 0 radical (unpaired) electrons. The van der Waals surface area contributed by atoms with Gasteiger partial charge in [0.1, 0.15) is 23.0 Å². The number of benzene rings is 1.